The summed E-state index contributed by atoms with van der Waals surface area (Å²) >= 11 is 0. The highest BCUT2D eigenvalue weighted by atomic mass is 16.5. The molecule has 0 radical (unpaired) electrons. The molecule has 0 fully saturated rings. The van der Waals surface area contributed by atoms with Crippen molar-refractivity contribution in [3.63, 3.8) is 0 Å². The first-order valence-electron chi connectivity index (χ1n) is 6.24. The Morgan fingerprint density at radius 3 is 2.65 bits per heavy atom. The number of H-pyrrole nitrogens is 1. The van der Waals surface area contributed by atoms with Crippen LogP contribution in [0, 0.1) is 0 Å². The van der Waals surface area contributed by atoms with Crippen LogP contribution in [-0.2, 0) is 11.3 Å². The van der Waals surface area contributed by atoms with E-state index in [1.54, 1.807) is 12.1 Å². The number of aromatic nitrogens is 2. The van der Waals surface area contributed by atoms with Crippen LogP contribution in [0.15, 0.2) is 54.6 Å². The Morgan fingerprint density at radius 1 is 1.10 bits per heavy atom. The molecule has 0 unspecified atom stereocenters. The number of aromatic amines is 1. The lowest BCUT2D eigenvalue weighted by atomic mass is 10.3. The molecular weight excluding hydrogens is 254 g/mol. The molecule has 3 aromatic rings. The van der Waals surface area contributed by atoms with E-state index >= 15 is 0 Å². The van der Waals surface area contributed by atoms with Crippen LogP contribution in [0.3, 0.4) is 0 Å². The molecule has 5 heteroatoms. The predicted octanol–water partition coefficient (Wildman–Crippen LogP) is 3.31. The summed E-state index contributed by atoms with van der Waals surface area (Å²) in [7, 11) is 0. The van der Waals surface area contributed by atoms with Crippen molar-refractivity contribution in [2.45, 2.75) is 6.61 Å². The van der Waals surface area contributed by atoms with Crippen LogP contribution in [0.5, 0.6) is 0 Å². The van der Waals surface area contributed by atoms with E-state index in [1.807, 2.05) is 42.5 Å². The van der Waals surface area contributed by atoms with Crippen LogP contribution in [-0.4, -0.2) is 16.1 Å². The molecule has 2 N–H and O–H groups in total. The minimum atomic E-state index is -0.503. The molecule has 0 atom stereocenters. The maximum Gasteiger partial charge on any atom is 0.412 e. The first kappa shape index (κ1) is 12.2. The van der Waals surface area contributed by atoms with Crippen LogP contribution in [0.1, 0.15) is 5.82 Å². The zero-order valence-corrected chi connectivity index (χ0v) is 10.7. The topological polar surface area (TPSA) is 67.0 Å². The van der Waals surface area contributed by atoms with E-state index in [0.717, 1.165) is 11.0 Å². The van der Waals surface area contributed by atoms with E-state index in [0.29, 0.717) is 11.5 Å². The van der Waals surface area contributed by atoms with Gasteiger partial charge in [0.25, 0.3) is 0 Å². The highest BCUT2D eigenvalue weighted by Gasteiger charge is 2.06. The molecule has 1 aromatic heterocycles. The van der Waals surface area contributed by atoms with Crippen LogP contribution in [0.2, 0.25) is 0 Å². The Balaban J connectivity index is 1.60. The number of nitrogens with zero attached hydrogens (tertiary/aromatic N) is 1. The molecule has 2 aromatic carbocycles. The molecule has 0 saturated carbocycles. The average molecular weight is 267 g/mol. The number of anilines is 1. The number of rotatable bonds is 3. The number of amides is 1. The van der Waals surface area contributed by atoms with E-state index in [1.165, 1.54) is 0 Å². The van der Waals surface area contributed by atoms with Gasteiger partial charge in [-0.1, -0.05) is 30.3 Å². The van der Waals surface area contributed by atoms with Gasteiger partial charge >= 0.3 is 6.09 Å². The fourth-order valence-corrected chi connectivity index (χ4v) is 1.88. The number of para-hydroxylation sites is 3. The second kappa shape index (κ2) is 5.44. The minimum Gasteiger partial charge on any atom is -0.441 e. The van der Waals surface area contributed by atoms with Crippen LogP contribution >= 0.6 is 0 Å². The van der Waals surface area contributed by atoms with Crippen molar-refractivity contribution in [2.75, 3.05) is 5.32 Å². The summed E-state index contributed by atoms with van der Waals surface area (Å²) in [5.74, 6) is 0.620. The fourth-order valence-electron chi connectivity index (χ4n) is 1.88. The standard InChI is InChI=1S/C15H13N3O2/c19-15(16-11-6-2-1-3-7-11)20-10-14-17-12-8-4-5-9-13(12)18-14/h1-9H,10H2,(H,16,19)(H,17,18). The summed E-state index contributed by atoms with van der Waals surface area (Å²) in [5, 5.41) is 2.64. The number of benzene rings is 2. The van der Waals surface area contributed by atoms with E-state index in [9.17, 15) is 4.79 Å². The average Bonchev–Trinajstić information content (AvgIpc) is 2.89. The van der Waals surface area contributed by atoms with Gasteiger partial charge in [-0.15, -0.1) is 0 Å². The van der Waals surface area contributed by atoms with Gasteiger partial charge in [0, 0.05) is 5.69 Å². The van der Waals surface area contributed by atoms with Gasteiger partial charge in [-0.2, -0.15) is 0 Å². The molecule has 0 aliphatic carbocycles. The Morgan fingerprint density at radius 2 is 1.85 bits per heavy atom. The minimum absolute atomic E-state index is 0.105. The Kier molecular flexibility index (Phi) is 3.33. The Hall–Kier alpha value is -2.82. The lowest BCUT2D eigenvalue weighted by Crippen LogP contribution is -2.13. The second-order valence-corrected chi connectivity index (χ2v) is 4.27. The summed E-state index contributed by atoms with van der Waals surface area (Å²) in [6.45, 7) is 0.105. The lowest BCUT2D eigenvalue weighted by Gasteiger charge is -2.05. The van der Waals surface area contributed by atoms with Gasteiger partial charge in [0.1, 0.15) is 5.82 Å². The zero-order chi connectivity index (χ0) is 13.8. The Bertz CT molecular complexity index is 689. The maximum absolute atomic E-state index is 11.6. The molecule has 0 bridgehead atoms. The SMILES string of the molecule is O=C(Nc1ccccc1)OCc1nc2ccccc2[nH]1. The van der Waals surface area contributed by atoms with E-state index in [2.05, 4.69) is 15.3 Å². The number of hydrogen-bond acceptors (Lipinski definition) is 3. The van der Waals surface area contributed by atoms with Gasteiger partial charge in [0.2, 0.25) is 0 Å². The number of nitrogens with one attached hydrogen (secondary N) is 2. The first-order chi connectivity index (χ1) is 9.81. The summed E-state index contributed by atoms with van der Waals surface area (Å²) in [4.78, 5) is 19.1. The molecular formula is C15H13N3O2. The molecule has 5 nitrogen and oxygen atoms in total. The van der Waals surface area contributed by atoms with E-state index < -0.39 is 6.09 Å². The van der Waals surface area contributed by atoms with Gasteiger partial charge in [-0.05, 0) is 24.3 Å². The van der Waals surface area contributed by atoms with Crippen molar-refractivity contribution in [1.29, 1.82) is 0 Å². The van der Waals surface area contributed by atoms with Gasteiger partial charge in [-0.25, -0.2) is 9.78 Å². The third-order valence-corrected chi connectivity index (χ3v) is 2.80. The fraction of sp³-hybridized carbons (Fsp3) is 0.0667. The summed E-state index contributed by atoms with van der Waals surface area (Å²) in [6.07, 6.45) is -0.503. The first-order valence-corrected chi connectivity index (χ1v) is 6.24. The van der Waals surface area contributed by atoms with Crippen molar-refractivity contribution in [3.8, 4) is 0 Å². The Labute approximate surface area is 115 Å². The van der Waals surface area contributed by atoms with Gasteiger partial charge in [0.15, 0.2) is 6.61 Å². The van der Waals surface area contributed by atoms with Gasteiger partial charge < -0.3 is 9.72 Å². The number of imidazole rings is 1. The normalized spacial score (nSPS) is 10.4. The number of carbonyl (C=O) groups is 1. The second-order valence-electron chi connectivity index (χ2n) is 4.27. The van der Waals surface area contributed by atoms with Crippen molar-refractivity contribution < 1.29 is 9.53 Å². The van der Waals surface area contributed by atoms with E-state index in [-0.39, 0.29) is 6.61 Å². The van der Waals surface area contributed by atoms with Crippen molar-refractivity contribution >= 4 is 22.8 Å². The zero-order valence-electron chi connectivity index (χ0n) is 10.7. The summed E-state index contributed by atoms with van der Waals surface area (Å²) in [6, 6.07) is 16.8. The molecule has 1 amide bonds. The molecule has 0 aliphatic heterocycles. The largest absolute Gasteiger partial charge is 0.441 e. The molecule has 20 heavy (non-hydrogen) atoms. The molecule has 1 heterocycles. The smallest absolute Gasteiger partial charge is 0.412 e. The van der Waals surface area contributed by atoms with Crippen LogP contribution in [0.4, 0.5) is 10.5 Å². The highest BCUT2D eigenvalue weighted by molar-refractivity contribution is 5.84. The summed E-state index contributed by atoms with van der Waals surface area (Å²) < 4.78 is 5.12. The molecule has 0 saturated heterocycles. The lowest BCUT2D eigenvalue weighted by molar-refractivity contribution is 0.152. The molecule has 100 valence electrons. The maximum atomic E-state index is 11.6. The monoisotopic (exact) mass is 267 g/mol. The third kappa shape index (κ3) is 2.77. The molecule has 3 rings (SSSR count). The van der Waals surface area contributed by atoms with E-state index in [4.69, 9.17) is 4.74 Å². The number of fused-ring (bicyclic) bond motifs is 1. The molecule has 0 spiro atoms. The number of hydrogen-bond donors (Lipinski definition) is 2. The van der Waals surface area contributed by atoms with Gasteiger partial charge in [0.05, 0.1) is 11.0 Å². The summed E-state index contributed by atoms with van der Waals surface area (Å²) in [5.41, 5.74) is 2.48. The molecule has 0 aliphatic rings. The van der Waals surface area contributed by atoms with Crippen LogP contribution < -0.4 is 5.32 Å². The third-order valence-electron chi connectivity index (χ3n) is 2.80. The van der Waals surface area contributed by atoms with Crippen LogP contribution in [0.25, 0.3) is 11.0 Å². The van der Waals surface area contributed by atoms with Crippen molar-refractivity contribution in [1.82, 2.24) is 9.97 Å². The number of carbonyl (C=O) groups excluding carboxylic acids is 1. The highest BCUT2D eigenvalue weighted by Crippen LogP contribution is 2.11. The quantitative estimate of drug-likeness (QED) is 0.765. The van der Waals surface area contributed by atoms with Crippen molar-refractivity contribution in [2.24, 2.45) is 0 Å². The number of ether oxygens (including phenoxy) is 1. The van der Waals surface area contributed by atoms with Gasteiger partial charge in [-0.3, -0.25) is 5.32 Å². The predicted molar refractivity (Wildman–Crippen MR) is 76.3 cm³/mol. The van der Waals surface area contributed by atoms with Crippen molar-refractivity contribution in [3.05, 3.63) is 60.4 Å².